The van der Waals surface area contributed by atoms with Crippen molar-refractivity contribution in [3.8, 4) is 0 Å². The Hall–Kier alpha value is -2.04. The minimum absolute atomic E-state index is 0.0694. The lowest BCUT2D eigenvalue weighted by Crippen LogP contribution is -2.56. The number of carbonyl (C=O) groups is 1. The van der Waals surface area contributed by atoms with Gasteiger partial charge in [0.25, 0.3) is 0 Å². The van der Waals surface area contributed by atoms with E-state index in [1.807, 2.05) is 40.3 Å². The van der Waals surface area contributed by atoms with Crippen molar-refractivity contribution in [3.63, 3.8) is 0 Å². The Kier molecular flexibility index (Phi) is 3.73. The fourth-order valence-corrected chi connectivity index (χ4v) is 6.31. The van der Waals surface area contributed by atoms with Crippen LogP contribution in [0.4, 0.5) is 0 Å². The van der Waals surface area contributed by atoms with Crippen LogP contribution >= 0.6 is 0 Å². The highest BCUT2D eigenvalue weighted by Crippen LogP contribution is 2.53. The summed E-state index contributed by atoms with van der Waals surface area (Å²) in [5.74, 6) is 3.28. The molecule has 5 heteroatoms. The molecule has 4 bridgehead atoms. The van der Waals surface area contributed by atoms with Gasteiger partial charge in [-0.25, -0.2) is 0 Å². The summed E-state index contributed by atoms with van der Waals surface area (Å²) in [6.45, 7) is 3.03. The van der Waals surface area contributed by atoms with E-state index >= 15 is 0 Å². The predicted molar refractivity (Wildman–Crippen MR) is 100 cm³/mol. The second kappa shape index (κ2) is 6.00. The molecule has 0 spiro atoms. The SMILES string of the molecule is CCn1c(=N)n(CC(=O)NC2C3CC4CC(C3)CC2C4)c2ccccc21. The summed E-state index contributed by atoms with van der Waals surface area (Å²) < 4.78 is 3.82. The van der Waals surface area contributed by atoms with Crippen molar-refractivity contribution in [3.05, 3.63) is 29.9 Å². The quantitative estimate of drug-likeness (QED) is 0.873. The molecule has 1 amide bonds. The minimum Gasteiger partial charge on any atom is -0.351 e. The van der Waals surface area contributed by atoms with E-state index in [1.165, 1.54) is 32.1 Å². The number of hydrogen-bond donors (Lipinski definition) is 2. The fourth-order valence-electron chi connectivity index (χ4n) is 6.31. The number of carbonyl (C=O) groups excluding carboxylic acids is 1. The molecule has 26 heavy (non-hydrogen) atoms. The van der Waals surface area contributed by atoms with Crippen LogP contribution in [0.2, 0.25) is 0 Å². The van der Waals surface area contributed by atoms with Gasteiger partial charge in [0.05, 0.1) is 11.0 Å². The van der Waals surface area contributed by atoms with Crippen LogP contribution in [0.5, 0.6) is 0 Å². The third-order valence-electron chi connectivity index (χ3n) is 7.15. The van der Waals surface area contributed by atoms with Gasteiger partial charge in [-0.05, 0) is 74.8 Å². The van der Waals surface area contributed by atoms with Crippen LogP contribution in [0.25, 0.3) is 11.0 Å². The Bertz CT molecular complexity index is 880. The first kappa shape index (κ1) is 16.2. The number of para-hydroxylation sites is 2. The zero-order chi connectivity index (χ0) is 17.8. The number of nitrogens with one attached hydrogen (secondary N) is 2. The Morgan fingerprint density at radius 2 is 1.62 bits per heavy atom. The molecule has 2 aromatic rings. The van der Waals surface area contributed by atoms with Crippen molar-refractivity contribution in [1.29, 1.82) is 5.41 Å². The van der Waals surface area contributed by atoms with E-state index in [0.717, 1.165) is 29.4 Å². The topological polar surface area (TPSA) is 62.8 Å². The molecule has 0 saturated heterocycles. The summed E-state index contributed by atoms with van der Waals surface area (Å²) in [6, 6.07) is 8.38. The molecule has 1 heterocycles. The van der Waals surface area contributed by atoms with Crippen LogP contribution in [0, 0.1) is 29.1 Å². The van der Waals surface area contributed by atoms with Gasteiger partial charge in [-0.1, -0.05) is 12.1 Å². The van der Waals surface area contributed by atoms with E-state index in [0.29, 0.717) is 23.5 Å². The van der Waals surface area contributed by atoms with Gasteiger partial charge in [-0.2, -0.15) is 0 Å². The lowest BCUT2D eigenvalue weighted by molar-refractivity contribution is -0.125. The second-order valence-electron chi connectivity index (χ2n) is 8.67. The monoisotopic (exact) mass is 352 g/mol. The molecule has 4 aliphatic carbocycles. The summed E-state index contributed by atoms with van der Waals surface area (Å²) >= 11 is 0. The maximum absolute atomic E-state index is 12.9. The first-order valence-electron chi connectivity index (χ1n) is 10.2. The molecule has 6 rings (SSSR count). The zero-order valence-electron chi connectivity index (χ0n) is 15.4. The van der Waals surface area contributed by atoms with Crippen LogP contribution < -0.4 is 10.9 Å². The van der Waals surface area contributed by atoms with Gasteiger partial charge in [-0.15, -0.1) is 0 Å². The summed E-state index contributed by atoms with van der Waals surface area (Å²) in [5, 5.41) is 11.9. The van der Waals surface area contributed by atoms with Gasteiger partial charge in [0.15, 0.2) is 0 Å². The van der Waals surface area contributed by atoms with Gasteiger partial charge in [0.1, 0.15) is 6.54 Å². The standard InChI is InChI=1S/C21H28N4O/c1-2-24-17-5-3-4-6-18(17)25(21(24)22)12-19(26)23-20-15-8-13-7-14(10-15)11-16(20)9-13/h3-6,13-16,20,22H,2,7-12H2,1H3,(H,23,26). The molecule has 1 aromatic carbocycles. The van der Waals surface area contributed by atoms with E-state index in [4.69, 9.17) is 5.41 Å². The molecular formula is C21H28N4O. The Labute approximate surface area is 153 Å². The zero-order valence-corrected chi connectivity index (χ0v) is 15.4. The van der Waals surface area contributed by atoms with Crippen molar-refractivity contribution < 1.29 is 4.79 Å². The van der Waals surface area contributed by atoms with E-state index in [2.05, 4.69) is 5.32 Å². The molecule has 5 nitrogen and oxygen atoms in total. The third kappa shape index (κ3) is 2.43. The Morgan fingerprint density at radius 1 is 1.04 bits per heavy atom. The van der Waals surface area contributed by atoms with Crippen LogP contribution in [-0.2, 0) is 17.9 Å². The summed E-state index contributed by atoms with van der Waals surface area (Å²) in [7, 11) is 0. The van der Waals surface area contributed by atoms with Crippen LogP contribution in [0.15, 0.2) is 24.3 Å². The number of hydrogen-bond acceptors (Lipinski definition) is 2. The molecule has 1 aromatic heterocycles. The Balaban J connectivity index is 1.37. The number of aromatic nitrogens is 2. The maximum atomic E-state index is 12.9. The van der Waals surface area contributed by atoms with Crippen molar-refractivity contribution in [2.75, 3.05) is 0 Å². The van der Waals surface area contributed by atoms with Crippen molar-refractivity contribution in [2.45, 2.75) is 58.2 Å². The van der Waals surface area contributed by atoms with E-state index in [1.54, 1.807) is 0 Å². The lowest BCUT2D eigenvalue weighted by Gasteiger charge is -2.54. The van der Waals surface area contributed by atoms with Gasteiger partial charge in [-0.3, -0.25) is 10.2 Å². The highest BCUT2D eigenvalue weighted by Gasteiger charge is 2.48. The largest absolute Gasteiger partial charge is 0.351 e. The number of nitrogens with zero attached hydrogens (tertiary/aromatic N) is 2. The van der Waals surface area contributed by atoms with Crippen LogP contribution in [0.3, 0.4) is 0 Å². The summed E-state index contributed by atoms with van der Waals surface area (Å²) in [4.78, 5) is 12.9. The molecule has 0 unspecified atom stereocenters. The van der Waals surface area contributed by atoms with Crippen molar-refractivity contribution >= 4 is 16.9 Å². The number of amides is 1. The smallest absolute Gasteiger partial charge is 0.240 e. The number of rotatable bonds is 4. The van der Waals surface area contributed by atoms with Crippen LogP contribution in [-0.4, -0.2) is 21.1 Å². The van der Waals surface area contributed by atoms with Gasteiger partial charge >= 0.3 is 0 Å². The fraction of sp³-hybridized carbons (Fsp3) is 0.619. The third-order valence-corrected chi connectivity index (χ3v) is 7.15. The van der Waals surface area contributed by atoms with E-state index in [-0.39, 0.29) is 12.5 Å². The average Bonchev–Trinajstić information content (AvgIpc) is 2.89. The van der Waals surface area contributed by atoms with Gasteiger partial charge in [0.2, 0.25) is 11.5 Å². The number of benzene rings is 1. The molecule has 4 aliphatic rings. The molecule has 0 atom stereocenters. The minimum atomic E-state index is 0.0694. The molecular weight excluding hydrogens is 324 g/mol. The highest BCUT2D eigenvalue weighted by atomic mass is 16.2. The number of fused-ring (bicyclic) bond motifs is 1. The van der Waals surface area contributed by atoms with E-state index < -0.39 is 0 Å². The summed E-state index contributed by atoms with van der Waals surface area (Å²) in [5.41, 5.74) is 2.41. The van der Waals surface area contributed by atoms with Gasteiger partial charge in [0, 0.05) is 12.6 Å². The first-order chi connectivity index (χ1) is 12.6. The maximum Gasteiger partial charge on any atom is 0.240 e. The average molecular weight is 352 g/mol. The summed E-state index contributed by atoms with van der Waals surface area (Å²) in [6.07, 6.45) is 6.67. The lowest BCUT2D eigenvalue weighted by atomic mass is 9.54. The number of aryl methyl sites for hydroxylation is 1. The highest BCUT2D eigenvalue weighted by molar-refractivity contribution is 5.81. The molecule has 4 fully saturated rings. The number of imidazole rings is 1. The van der Waals surface area contributed by atoms with E-state index in [9.17, 15) is 4.79 Å². The van der Waals surface area contributed by atoms with Crippen molar-refractivity contribution in [2.24, 2.45) is 23.7 Å². The van der Waals surface area contributed by atoms with Gasteiger partial charge < -0.3 is 14.5 Å². The van der Waals surface area contributed by atoms with Crippen molar-refractivity contribution in [1.82, 2.24) is 14.5 Å². The normalized spacial score (nSPS) is 32.3. The molecule has 4 saturated carbocycles. The second-order valence-corrected chi connectivity index (χ2v) is 8.67. The molecule has 0 aliphatic heterocycles. The Morgan fingerprint density at radius 3 is 2.19 bits per heavy atom. The molecule has 0 radical (unpaired) electrons. The predicted octanol–water partition coefficient (Wildman–Crippen LogP) is 2.88. The first-order valence-corrected chi connectivity index (χ1v) is 10.2. The van der Waals surface area contributed by atoms with Crippen LogP contribution in [0.1, 0.15) is 39.0 Å². The molecule has 138 valence electrons. The molecule has 2 N–H and O–H groups in total.